The Morgan fingerprint density at radius 1 is 0.115 bits per heavy atom. The minimum absolute atomic E-state index is 0.0721. The lowest BCUT2D eigenvalue weighted by Crippen LogP contribution is -2.02. The Balaban J connectivity index is 0.639. The molecular formula is C125H76O5. The highest BCUT2D eigenvalue weighted by Gasteiger charge is 2.39. The van der Waals surface area contributed by atoms with E-state index in [1.807, 2.05) is 400 Å². The zero-order chi connectivity index (χ0) is 87.5. The average molecular weight is 1660 g/mol. The van der Waals surface area contributed by atoms with Crippen molar-refractivity contribution >= 4 is 84.2 Å². The zero-order valence-corrected chi connectivity index (χ0v) is 70.4. The number of hydrogen-bond donors (Lipinski definition) is 0. The van der Waals surface area contributed by atoms with Gasteiger partial charge in [0, 0.05) is 111 Å². The summed E-state index contributed by atoms with van der Waals surface area (Å²) in [4.78, 5) is 47.4. The van der Waals surface area contributed by atoms with Gasteiger partial charge in [0.1, 0.15) is 23.0 Å². The largest absolute Gasteiger partial charge is 0.457 e. The van der Waals surface area contributed by atoms with Crippen LogP contribution in [0, 0.1) is 47.4 Å². The Morgan fingerprint density at radius 3 is 0.431 bits per heavy atom. The molecule has 3 aliphatic carbocycles. The van der Waals surface area contributed by atoms with Crippen molar-refractivity contribution in [3.8, 4) is 81.5 Å². The predicted molar refractivity (Wildman–Crippen MR) is 528 cm³/mol. The van der Waals surface area contributed by atoms with Gasteiger partial charge in [-0.25, -0.2) is 0 Å². The van der Waals surface area contributed by atoms with Crippen molar-refractivity contribution in [3.05, 3.63) is 572 Å². The average Bonchev–Trinajstić information content (AvgIpc) is 1.59. The molecule has 0 amide bonds. The molecule has 0 aliphatic heterocycles. The van der Waals surface area contributed by atoms with Crippen molar-refractivity contribution in [1.29, 1.82) is 0 Å². The second-order valence-corrected chi connectivity index (χ2v) is 31.6. The molecule has 0 saturated heterocycles. The number of ketones is 3. The lowest BCUT2D eigenvalue weighted by molar-refractivity contribution is -0.109. The van der Waals surface area contributed by atoms with E-state index in [2.05, 4.69) is 108 Å². The fourth-order valence-corrected chi connectivity index (χ4v) is 17.0. The summed E-state index contributed by atoms with van der Waals surface area (Å²) in [5.74, 6) is 28.5. The first-order valence-electron chi connectivity index (χ1n) is 43.1. The summed E-state index contributed by atoms with van der Waals surface area (Å²) in [5.41, 5.74) is 26.9. The number of rotatable bonds is 17. The maximum Gasteiger partial charge on any atom is 0.195 e. The third kappa shape index (κ3) is 17.2. The van der Waals surface area contributed by atoms with Crippen molar-refractivity contribution < 1.29 is 23.9 Å². The number of allylic oxidation sites excluding steroid dienone is 12. The van der Waals surface area contributed by atoms with Gasteiger partial charge in [-0.05, 0) is 223 Å². The highest BCUT2D eigenvalue weighted by molar-refractivity contribution is 6.61. The lowest BCUT2D eigenvalue weighted by atomic mass is 9.88. The smallest absolute Gasteiger partial charge is 0.195 e. The van der Waals surface area contributed by atoms with E-state index in [-0.39, 0.29) is 17.3 Å². The molecular weight excluding hydrogens is 1580 g/mol. The summed E-state index contributed by atoms with van der Waals surface area (Å²) in [6, 6.07) is 152. The molecule has 130 heavy (non-hydrogen) atoms. The Hall–Kier alpha value is -18.0. The quantitative estimate of drug-likeness (QED) is 0.0850. The minimum atomic E-state index is -0.127. The summed E-state index contributed by atoms with van der Waals surface area (Å²) >= 11 is 0. The van der Waals surface area contributed by atoms with Gasteiger partial charge < -0.3 is 9.47 Å². The number of carbonyl (C=O) groups is 3. The van der Waals surface area contributed by atoms with Crippen LogP contribution in [0.5, 0.6) is 23.0 Å². The molecule has 17 aromatic rings. The number of carbonyl (C=O) groups excluding carboxylic acids is 3. The lowest BCUT2D eigenvalue weighted by Gasteiger charge is -2.16. The van der Waals surface area contributed by atoms with Gasteiger partial charge in [0.05, 0.1) is 0 Å². The summed E-state index contributed by atoms with van der Waals surface area (Å²) in [6.45, 7) is 0. The molecule has 606 valence electrons. The van der Waals surface area contributed by atoms with Crippen LogP contribution in [0.3, 0.4) is 0 Å². The number of benzene rings is 17. The van der Waals surface area contributed by atoms with Crippen LogP contribution in [0.2, 0.25) is 0 Å². The standard InChI is InChI=1S/C125H76O5/c126-123-117(95-35-19-6-20-36-95)111(98-57-49-89(50-58-98)45-41-85-25-9-1-10-26-85)115(120(123)104-61-53-91(54-62-104)47-43-87-29-13-3-14-30-87)102-73-81-109(82-74-102)130-108-79-71-101(72-80-108)114-116(121(124(127)119(114)97-39-23-8-24-40-97)105-63-55-92(56-64-105)48-44-88-31-15-4-16-32-88)103-75-83-110(84-76-103)129-107-77-69-100(70-78-107)113-112(99-59-51-90(52-60-99)46-42-86-27-11-2-12-28-86)122(125(128)118(113)96-37-21-7-22-38-96)106-67-65-94(66-68-106)93-33-17-5-18-34-93/h1-40,49-84H. The normalized spacial score (nSPS) is 12.8. The molecule has 0 radical (unpaired) electrons. The third-order valence-electron chi connectivity index (χ3n) is 23.3. The van der Waals surface area contributed by atoms with Gasteiger partial charge in [-0.1, -0.05) is 363 Å². The fraction of sp³-hybridized carbons (Fsp3) is 0. The highest BCUT2D eigenvalue weighted by Crippen LogP contribution is 2.54. The van der Waals surface area contributed by atoms with E-state index in [4.69, 9.17) is 9.47 Å². The van der Waals surface area contributed by atoms with Crippen molar-refractivity contribution in [1.82, 2.24) is 0 Å². The summed E-state index contributed by atoms with van der Waals surface area (Å²) < 4.78 is 13.6. The van der Waals surface area contributed by atoms with Crippen LogP contribution in [-0.4, -0.2) is 17.3 Å². The first-order valence-corrected chi connectivity index (χ1v) is 43.1. The Labute approximate surface area is 756 Å². The second-order valence-electron chi connectivity index (χ2n) is 31.6. The molecule has 17 aromatic carbocycles. The van der Waals surface area contributed by atoms with Crippen LogP contribution in [0.4, 0.5) is 0 Å². The monoisotopic (exact) mass is 1660 g/mol. The topological polar surface area (TPSA) is 69.7 Å². The number of ether oxygens (including phenoxy) is 2. The molecule has 0 atom stereocenters. The summed E-state index contributed by atoms with van der Waals surface area (Å²) in [6.07, 6.45) is 0. The molecule has 0 saturated carbocycles. The molecule has 5 heteroatoms. The van der Waals surface area contributed by atoms with Crippen LogP contribution < -0.4 is 9.47 Å². The van der Waals surface area contributed by atoms with Crippen molar-refractivity contribution in [2.45, 2.75) is 0 Å². The third-order valence-corrected chi connectivity index (χ3v) is 23.3. The van der Waals surface area contributed by atoms with Crippen LogP contribution in [-0.2, 0) is 14.4 Å². The van der Waals surface area contributed by atoms with E-state index >= 15 is 14.4 Å². The van der Waals surface area contributed by atoms with E-state index in [0.717, 1.165) is 156 Å². The van der Waals surface area contributed by atoms with Gasteiger partial charge in [-0.2, -0.15) is 0 Å². The van der Waals surface area contributed by atoms with Gasteiger partial charge >= 0.3 is 0 Å². The van der Waals surface area contributed by atoms with Gasteiger partial charge in [0.15, 0.2) is 17.3 Å². The maximum absolute atomic E-state index is 16.0. The first kappa shape index (κ1) is 80.4. The van der Waals surface area contributed by atoms with E-state index in [1.165, 1.54) is 0 Å². The Bertz CT molecular complexity index is 7680. The molecule has 20 rings (SSSR count). The number of Topliss-reactive ketones (excluding diaryl/α,β-unsaturated/α-hetero) is 3. The van der Waals surface area contributed by atoms with E-state index in [1.54, 1.807) is 0 Å². The van der Waals surface area contributed by atoms with Crippen molar-refractivity contribution in [3.63, 3.8) is 0 Å². The van der Waals surface area contributed by atoms with Crippen LogP contribution in [0.15, 0.2) is 461 Å². The molecule has 0 fully saturated rings. The molecule has 0 heterocycles. The van der Waals surface area contributed by atoms with Crippen molar-refractivity contribution in [2.75, 3.05) is 0 Å². The number of hydrogen-bond acceptors (Lipinski definition) is 5. The molecule has 5 nitrogen and oxygen atoms in total. The molecule has 0 unspecified atom stereocenters. The van der Waals surface area contributed by atoms with Crippen molar-refractivity contribution in [2.24, 2.45) is 0 Å². The van der Waals surface area contributed by atoms with Crippen LogP contribution in [0.25, 0.3) is 78.0 Å². The Morgan fingerprint density at radius 2 is 0.238 bits per heavy atom. The predicted octanol–water partition coefficient (Wildman–Crippen LogP) is 27.9. The second kappa shape index (κ2) is 36.8. The first-order chi connectivity index (χ1) is 64.2. The van der Waals surface area contributed by atoms with Gasteiger partial charge in [0.25, 0.3) is 0 Å². The van der Waals surface area contributed by atoms with Gasteiger partial charge in [-0.3, -0.25) is 14.4 Å². The van der Waals surface area contributed by atoms with E-state index in [9.17, 15) is 0 Å². The molecule has 0 bridgehead atoms. The highest BCUT2D eigenvalue weighted by atomic mass is 16.5. The fourth-order valence-electron chi connectivity index (χ4n) is 17.0. The molecule has 0 N–H and O–H groups in total. The minimum Gasteiger partial charge on any atom is -0.457 e. The maximum atomic E-state index is 16.0. The SMILES string of the molecule is O=C1C(c2ccc(-c3ccccc3)cc2)=C(c2ccc(C#Cc3ccccc3)cc2)C(c2ccc(Oc3ccc(C4=C(c5ccc(C#Cc6ccccc6)cc5)C(=O)C(c5ccccc5)=C4c4ccc(Oc5ccc(C6=C(c7ccc(C#Cc8ccccc8)cc7)C(=O)C(c7ccccc7)=C6c6ccc(C#Cc7ccccc7)cc6)cc5)cc4)cc3)cc2)=C1c1ccccc1. The van der Waals surface area contributed by atoms with Crippen LogP contribution >= 0.6 is 0 Å². The van der Waals surface area contributed by atoms with Gasteiger partial charge in [0.2, 0.25) is 0 Å². The van der Waals surface area contributed by atoms with E-state index < -0.39 is 0 Å². The summed E-state index contributed by atoms with van der Waals surface area (Å²) in [7, 11) is 0. The van der Waals surface area contributed by atoms with E-state index in [0.29, 0.717) is 56.4 Å². The molecule has 3 aliphatic rings. The molecule has 0 aromatic heterocycles. The Kier molecular flexibility index (Phi) is 22.8. The van der Waals surface area contributed by atoms with Gasteiger partial charge in [-0.15, -0.1) is 0 Å². The zero-order valence-electron chi connectivity index (χ0n) is 70.4. The van der Waals surface area contributed by atoms with Crippen LogP contribution in [0.1, 0.15) is 111 Å². The summed E-state index contributed by atoms with van der Waals surface area (Å²) in [5, 5.41) is 0. The molecule has 0 spiro atoms.